The Bertz CT molecular complexity index is 1020. The van der Waals surface area contributed by atoms with Crippen molar-refractivity contribution in [2.45, 2.75) is 12.7 Å². The highest BCUT2D eigenvalue weighted by Crippen LogP contribution is 2.34. The number of carbonyl (C=O) groups excluding carboxylic acids is 1. The molecule has 3 aromatic carbocycles. The summed E-state index contributed by atoms with van der Waals surface area (Å²) >= 11 is 0. The second-order valence-electron chi connectivity index (χ2n) is 6.76. The fourth-order valence-electron chi connectivity index (χ4n) is 3.39. The number of nitrogens with one attached hydrogen (secondary N) is 1. The van der Waals surface area contributed by atoms with Gasteiger partial charge in [0.2, 0.25) is 0 Å². The summed E-state index contributed by atoms with van der Waals surface area (Å²) in [6.45, 7) is 0.0654. The molecular formula is C23H20N2O4. The molecule has 0 aromatic heterocycles. The molecule has 2 N–H and O–H groups in total. The minimum absolute atomic E-state index is 0.0422. The molecule has 6 nitrogen and oxygen atoms in total. The van der Waals surface area contributed by atoms with E-state index in [0.29, 0.717) is 17.9 Å². The highest BCUT2D eigenvalue weighted by Gasteiger charge is 2.32. The van der Waals surface area contributed by atoms with Gasteiger partial charge in [0.1, 0.15) is 11.9 Å². The first-order valence-electron chi connectivity index (χ1n) is 9.27. The van der Waals surface area contributed by atoms with Crippen molar-refractivity contribution in [1.29, 1.82) is 0 Å². The summed E-state index contributed by atoms with van der Waals surface area (Å²) in [5.41, 5.74) is 3.35. The summed E-state index contributed by atoms with van der Waals surface area (Å²) in [4.78, 5) is 25.7. The van der Waals surface area contributed by atoms with E-state index in [1.54, 1.807) is 17.0 Å². The van der Waals surface area contributed by atoms with E-state index in [4.69, 9.17) is 9.84 Å². The largest absolute Gasteiger partial charge is 0.482 e. The number of anilines is 1. The number of hydrogen-bond acceptors (Lipinski definition) is 4. The monoisotopic (exact) mass is 388 g/mol. The van der Waals surface area contributed by atoms with Crippen molar-refractivity contribution in [3.05, 3.63) is 95.6 Å². The number of carbonyl (C=O) groups is 2. The van der Waals surface area contributed by atoms with E-state index in [0.717, 1.165) is 16.8 Å². The fourth-order valence-corrected chi connectivity index (χ4v) is 3.39. The lowest BCUT2D eigenvalue weighted by molar-refractivity contribution is -0.139. The van der Waals surface area contributed by atoms with E-state index in [9.17, 15) is 9.59 Å². The van der Waals surface area contributed by atoms with Crippen LogP contribution in [0.25, 0.3) is 0 Å². The summed E-state index contributed by atoms with van der Waals surface area (Å²) in [6.07, 6.45) is -0.355. The van der Waals surface area contributed by atoms with E-state index in [2.05, 4.69) is 5.32 Å². The third-order valence-electron chi connectivity index (χ3n) is 4.78. The summed E-state index contributed by atoms with van der Waals surface area (Å²) in [5.74, 6) is -0.605. The maximum atomic E-state index is 13.2. The molecule has 6 heteroatoms. The number of nitrogens with zero attached hydrogens (tertiary/aromatic N) is 1. The van der Waals surface area contributed by atoms with Crippen LogP contribution in [-0.4, -0.2) is 28.5 Å². The van der Waals surface area contributed by atoms with Crippen molar-refractivity contribution in [1.82, 2.24) is 4.90 Å². The topological polar surface area (TPSA) is 78.9 Å². The van der Waals surface area contributed by atoms with Gasteiger partial charge in [0.15, 0.2) is 6.61 Å². The van der Waals surface area contributed by atoms with Gasteiger partial charge in [-0.1, -0.05) is 54.6 Å². The number of aliphatic carboxylic acids is 1. The van der Waals surface area contributed by atoms with Crippen molar-refractivity contribution in [3.8, 4) is 5.75 Å². The number of benzene rings is 3. The van der Waals surface area contributed by atoms with Gasteiger partial charge in [-0.2, -0.15) is 0 Å². The summed E-state index contributed by atoms with van der Waals surface area (Å²) in [5, 5.41) is 12.2. The summed E-state index contributed by atoms with van der Waals surface area (Å²) in [7, 11) is 0. The zero-order chi connectivity index (χ0) is 20.2. The van der Waals surface area contributed by atoms with Crippen LogP contribution in [0.2, 0.25) is 0 Å². The lowest BCUT2D eigenvalue weighted by atomic mass is 10.0. The second-order valence-corrected chi connectivity index (χ2v) is 6.76. The molecule has 0 radical (unpaired) electrons. The molecule has 3 aromatic rings. The normalized spacial score (nSPS) is 15.4. The van der Waals surface area contributed by atoms with Crippen molar-refractivity contribution in [3.63, 3.8) is 0 Å². The van der Waals surface area contributed by atoms with Crippen LogP contribution in [-0.2, 0) is 11.3 Å². The van der Waals surface area contributed by atoms with Crippen LogP contribution in [0.3, 0.4) is 0 Å². The Labute approximate surface area is 168 Å². The van der Waals surface area contributed by atoms with Gasteiger partial charge in [0.05, 0.1) is 5.56 Å². The molecule has 0 aliphatic carbocycles. The quantitative estimate of drug-likeness (QED) is 0.669. The molecule has 1 atom stereocenters. The molecule has 1 unspecified atom stereocenters. The van der Waals surface area contributed by atoms with Gasteiger partial charge < -0.3 is 20.1 Å². The lowest BCUT2D eigenvalue weighted by Gasteiger charge is -2.38. The van der Waals surface area contributed by atoms with E-state index >= 15 is 0 Å². The van der Waals surface area contributed by atoms with Crippen LogP contribution in [0.1, 0.15) is 27.7 Å². The van der Waals surface area contributed by atoms with Crippen LogP contribution < -0.4 is 10.1 Å². The number of fused-ring (bicyclic) bond motifs is 1. The number of amides is 1. The highest BCUT2D eigenvalue weighted by molar-refractivity contribution is 6.01. The van der Waals surface area contributed by atoms with Crippen LogP contribution in [0.5, 0.6) is 5.75 Å². The highest BCUT2D eigenvalue weighted by atomic mass is 16.5. The molecule has 0 bridgehead atoms. The third kappa shape index (κ3) is 4.06. The van der Waals surface area contributed by atoms with Crippen LogP contribution in [0, 0.1) is 0 Å². The van der Waals surface area contributed by atoms with Crippen LogP contribution in [0.15, 0.2) is 78.9 Å². The molecular weight excluding hydrogens is 368 g/mol. The van der Waals surface area contributed by atoms with Crippen molar-refractivity contribution >= 4 is 17.6 Å². The average Bonchev–Trinajstić information content (AvgIpc) is 2.75. The van der Waals surface area contributed by atoms with Gasteiger partial charge in [-0.05, 0) is 35.4 Å². The first kappa shape index (κ1) is 18.6. The molecule has 1 aliphatic heterocycles. The van der Waals surface area contributed by atoms with Crippen molar-refractivity contribution in [2.24, 2.45) is 0 Å². The van der Waals surface area contributed by atoms with E-state index in [1.165, 1.54) is 0 Å². The molecule has 0 saturated carbocycles. The molecule has 1 aliphatic rings. The van der Waals surface area contributed by atoms with E-state index < -0.39 is 12.6 Å². The van der Waals surface area contributed by atoms with Gasteiger partial charge in [-0.15, -0.1) is 0 Å². The Balaban J connectivity index is 1.65. The lowest BCUT2D eigenvalue weighted by Crippen LogP contribution is -2.42. The smallest absolute Gasteiger partial charge is 0.341 e. The minimum atomic E-state index is -1.03. The van der Waals surface area contributed by atoms with Gasteiger partial charge in [-0.3, -0.25) is 4.79 Å². The molecule has 0 fully saturated rings. The Hall–Kier alpha value is -3.80. The predicted octanol–water partition coefficient (Wildman–Crippen LogP) is 3.92. The number of ether oxygens (including phenoxy) is 1. The van der Waals surface area contributed by atoms with Gasteiger partial charge >= 0.3 is 5.97 Å². The molecule has 4 rings (SSSR count). The standard InChI is InChI=1S/C23H20N2O4/c26-21(27)15-29-18-12-10-17(11-13-18)22-24-20-9-5-4-8-19(20)23(28)25(22)14-16-6-2-1-3-7-16/h1-13,22,24H,14-15H2,(H,26,27). The molecule has 0 spiro atoms. The van der Waals surface area contributed by atoms with Gasteiger partial charge in [0.25, 0.3) is 5.91 Å². The van der Waals surface area contributed by atoms with Crippen LogP contribution in [0.4, 0.5) is 5.69 Å². The first-order chi connectivity index (χ1) is 14.1. The predicted molar refractivity (Wildman–Crippen MR) is 109 cm³/mol. The SMILES string of the molecule is O=C(O)COc1ccc(C2Nc3ccccc3C(=O)N2Cc2ccccc2)cc1. The first-order valence-corrected chi connectivity index (χ1v) is 9.27. The number of rotatable bonds is 6. The number of hydrogen-bond donors (Lipinski definition) is 2. The molecule has 0 saturated heterocycles. The van der Waals surface area contributed by atoms with E-state index in [1.807, 2.05) is 66.7 Å². The second kappa shape index (κ2) is 8.06. The van der Waals surface area contributed by atoms with Crippen molar-refractivity contribution < 1.29 is 19.4 Å². The summed E-state index contributed by atoms with van der Waals surface area (Å²) in [6, 6.07) is 24.4. The Morgan fingerprint density at radius 2 is 1.66 bits per heavy atom. The zero-order valence-electron chi connectivity index (χ0n) is 15.6. The fraction of sp³-hybridized carbons (Fsp3) is 0.130. The Kier molecular flexibility index (Phi) is 5.16. The van der Waals surface area contributed by atoms with Crippen molar-refractivity contribution in [2.75, 3.05) is 11.9 Å². The number of carboxylic acids is 1. The zero-order valence-corrected chi connectivity index (χ0v) is 15.6. The maximum Gasteiger partial charge on any atom is 0.341 e. The average molecular weight is 388 g/mol. The molecule has 1 heterocycles. The third-order valence-corrected chi connectivity index (χ3v) is 4.78. The maximum absolute atomic E-state index is 13.2. The number of carboxylic acid groups (broad SMARTS) is 1. The molecule has 1 amide bonds. The Morgan fingerprint density at radius 1 is 0.966 bits per heavy atom. The number of para-hydroxylation sites is 1. The summed E-state index contributed by atoms with van der Waals surface area (Å²) < 4.78 is 5.21. The minimum Gasteiger partial charge on any atom is -0.482 e. The Morgan fingerprint density at radius 3 is 2.38 bits per heavy atom. The van der Waals surface area contributed by atoms with E-state index in [-0.39, 0.29) is 12.1 Å². The van der Waals surface area contributed by atoms with Crippen LogP contribution >= 0.6 is 0 Å². The molecule has 29 heavy (non-hydrogen) atoms. The van der Waals surface area contributed by atoms with Gasteiger partial charge in [0, 0.05) is 12.2 Å². The van der Waals surface area contributed by atoms with Gasteiger partial charge in [-0.25, -0.2) is 4.79 Å². The molecule has 146 valence electrons.